The molecule has 1 unspecified atom stereocenters. The van der Waals surface area contributed by atoms with Crippen molar-refractivity contribution in [1.29, 1.82) is 0 Å². The van der Waals surface area contributed by atoms with Gasteiger partial charge in [-0.25, -0.2) is 0 Å². The molecule has 1 aromatic carbocycles. The molecular formula is C17H22N2O. The number of pyridine rings is 1. The van der Waals surface area contributed by atoms with Crippen LogP contribution >= 0.6 is 0 Å². The fourth-order valence-electron chi connectivity index (χ4n) is 2.27. The number of hydrogen-bond acceptors (Lipinski definition) is 3. The number of hydrogen-bond donors (Lipinski definition) is 1. The molecule has 0 saturated heterocycles. The van der Waals surface area contributed by atoms with Gasteiger partial charge in [0, 0.05) is 6.20 Å². The van der Waals surface area contributed by atoms with Crippen LogP contribution in [0.1, 0.15) is 36.1 Å². The average molecular weight is 270 g/mol. The molecular weight excluding hydrogens is 248 g/mol. The molecule has 0 radical (unpaired) electrons. The summed E-state index contributed by atoms with van der Waals surface area (Å²) in [5, 5.41) is 3.35. The zero-order valence-electron chi connectivity index (χ0n) is 12.4. The van der Waals surface area contributed by atoms with Gasteiger partial charge >= 0.3 is 0 Å². The van der Waals surface area contributed by atoms with Crippen LogP contribution in [0.25, 0.3) is 0 Å². The maximum absolute atomic E-state index is 5.66. The quantitative estimate of drug-likeness (QED) is 0.872. The van der Waals surface area contributed by atoms with Gasteiger partial charge in [0.15, 0.2) is 0 Å². The summed E-state index contributed by atoms with van der Waals surface area (Å²) in [6.45, 7) is 4.93. The maximum Gasteiger partial charge on any atom is 0.137 e. The summed E-state index contributed by atoms with van der Waals surface area (Å²) in [6, 6.07) is 10.7. The Balaban J connectivity index is 2.27. The van der Waals surface area contributed by atoms with Crippen LogP contribution in [0.3, 0.4) is 0 Å². The van der Waals surface area contributed by atoms with E-state index in [9.17, 15) is 0 Å². The maximum atomic E-state index is 5.66. The summed E-state index contributed by atoms with van der Waals surface area (Å²) in [5.74, 6) is 0.831. The number of aromatic nitrogens is 1. The second-order valence-electron chi connectivity index (χ2n) is 4.94. The van der Waals surface area contributed by atoms with Gasteiger partial charge in [-0.1, -0.05) is 36.8 Å². The first-order chi connectivity index (χ1) is 9.74. The highest BCUT2D eigenvalue weighted by Gasteiger charge is 2.13. The molecule has 2 aromatic rings. The predicted octanol–water partition coefficient (Wildman–Crippen LogP) is 3.49. The smallest absolute Gasteiger partial charge is 0.137 e. The van der Waals surface area contributed by atoms with Gasteiger partial charge in [0.25, 0.3) is 0 Å². The Labute approximate surface area is 121 Å². The molecule has 3 heteroatoms. The molecule has 1 N–H and O–H groups in total. The molecule has 20 heavy (non-hydrogen) atoms. The third-order valence-corrected chi connectivity index (χ3v) is 3.20. The van der Waals surface area contributed by atoms with Crippen molar-refractivity contribution in [3.8, 4) is 5.75 Å². The van der Waals surface area contributed by atoms with Gasteiger partial charge in [0.2, 0.25) is 0 Å². The summed E-state index contributed by atoms with van der Waals surface area (Å²) in [6.07, 6.45) is 4.65. The molecule has 0 amide bonds. The molecule has 0 aliphatic heterocycles. The van der Waals surface area contributed by atoms with Gasteiger partial charge in [0.05, 0.1) is 18.8 Å². The fraction of sp³-hybridized carbons (Fsp3) is 0.353. The molecule has 3 nitrogen and oxygen atoms in total. The van der Waals surface area contributed by atoms with E-state index < -0.39 is 0 Å². The van der Waals surface area contributed by atoms with Crippen molar-refractivity contribution >= 4 is 0 Å². The van der Waals surface area contributed by atoms with Crippen molar-refractivity contribution in [3.05, 3.63) is 59.4 Å². The zero-order chi connectivity index (χ0) is 14.4. The molecule has 0 fully saturated rings. The van der Waals surface area contributed by atoms with Gasteiger partial charge in [-0.15, -0.1) is 0 Å². The number of rotatable bonds is 6. The fourth-order valence-corrected chi connectivity index (χ4v) is 2.27. The Morgan fingerprint density at radius 2 is 2.05 bits per heavy atom. The average Bonchev–Trinajstić information content (AvgIpc) is 2.46. The lowest BCUT2D eigenvalue weighted by atomic mass is 9.99. The minimum absolute atomic E-state index is 0.132. The van der Waals surface area contributed by atoms with E-state index in [0.29, 0.717) is 0 Å². The van der Waals surface area contributed by atoms with Gasteiger partial charge in [-0.05, 0) is 37.6 Å². The van der Waals surface area contributed by atoms with Crippen molar-refractivity contribution in [1.82, 2.24) is 10.3 Å². The molecule has 0 saturated carbocycles. The molecule has 0 bridgehead atoms. The van der Waals surface area contributed by atoms with Crippen LogP contribution in [0.2, 0.25) is 0 Å². The van der Waals surface area contributed by atoms with Crippen molar-refractivity contribution in [2.45, 2.75) is 26.3 Å². The van der Waals surface area contributed by atoms with Crippen LogP contribution in [0.15, 0.2) is 42.7 Å². The molecule has 1 heterocycles. The highest BCUT2D eigenvalue weighted by molar-refractivity contribution is 5.35. The molecule has 0 aliphatic carbocycles. The normalized spacial score (nSPS) is 12.2. The first kappa shape index (κ1) is 14.5. The van der Waals surface area contributed by atoms with Crippen LogP contribution in [0, 0.1) is 6.92 Å². The van der Waals surface area contributed by atoms with Crippen molar-refractivity contribution in [2.24, 2.45) is 0 Å². The molecule has 106 valence electrons. The monoisotopic (exact) mass is 270 g/mol. The minimum atomic E-state index is 0.132. The number of nitrogens with zero attached hydrogens (tertiary/aromatic N) is 1. The zero-order valence-corrected chi connectivity index (χ0v) is 12.4. The third kappa shape index (κ3) is 3.58. The summed E-state index contributed by atoms with van der Waals surface area (Å²) in [4.78, 5) is 4.29. The van der Waals surface area contributed by atoms with E-state index in [4.69, 9.17) is 4.74 Å². The van der Waals surface area contributed by atoms with Crippen molar-refractivity contribution in [3.63, 3.8) is 0 Å². The number of ether oxygens (including phenoxy) is 1. The summed E-state index contributed by atoms with van der Waals surface area (Å²) < 4.78 is 5.66. The predicted molar refractivity (Wildman–Crippen MR) is 82.1 cm³/mol. The standard InChI is InChI=1S/C17H22N2O/c1-4-8-20-16-10-15(11-19-12-16)17(18-3)14-7-5-6-13(2)9-14/h5-7,9-12,17-18H,4,8H2,1-3H3. The number of aryl methyl sites for hydroxylation is 1. The number of benzene rings is 1. The van der Waals surface area contributed by atoms with Crippen LogP contribution in [-0.4, -0.2) is 18.6 Å². The summed E-state index contributed by atoms with van der Waals surface area (Å²) in [7, 11) is 1.96. The lowest BCUT2D eigenvalue weighted by Crippen LogP contribution is -2.18. The third-order valence-electron chi connectivity index (χ3n) is 3.20. The van der Waals surface area contributed by atoms with E-state index in [0.717, 1.165) is 24.3 Å². The van der Waals surface area contributed by atoms with Crippen LogP contribution < -0.4 is 10.1 Å². The summed E-state index contributed by atoms with van der Waals surface area (Å²) >= 11 is 0. The Kier molecular flexibility index (Phi) is 5.13. The Bertz CT molecular complexity index is 554. The van der Waals surface area contributed by atoms with Gasteiger partial charge in [0.1, 0.15) is 5.75 Å². The second kappa shape index (κ2) is 7.06. The van der Waals surface area contributed by atoms with E-state index >= 15 is 0 Å². The topological polar surface area (TPSA) is 34.1 Å². The minimum Gasteiger partial charge on any atom is -0.492 e. The largest absolute Gasteiger partial charge is 0.492 e. The van der Waals surface area contributed by atoms with Gasteiger partial charge in [-0.3, -0.25) is 4.98 Å². The second-order valence-corrected chi connectivity index (χ2v) is 4.94. The highest BCUT2D eigenvalue weighted by atomic mass is 16.5. The Morgan fingerprint density at radius 3 is 2.75 bits per heavy atom. The molecule has 1 aromatic heterocycles. The van der Waals surface area contributed by atoms with E-state index in [1.165, 1.54) is 11.1 Å². The van der Waals surface area contributed by atoms with Gasteiger partial charge in [-0.2, -0.15) is 0 Å². The molecule has 1 atom stereocenters. The van der Waals surface area contributed by atoms with Crippen molar-refractivity contribution < 1.29 is 4.74 Å². The van der Waals surface area contributed by atoms with E-state index in [2.05, 4.69) is 54.5 Å². The van der Waals surface area contributed by atoms with E-state index in [1.807, 2.05) is 13.2 Å². The Hall–Kier alpha value is -1.87. The van der Waals surface area contributed by atoms with E-state index in [1.54, 1.807) is 6.20 Å². The van der Waals surface area contributed by atoms with E-state index in [-0.39, 0.29) is 6.04 Å². The first-order valence-corrected chi connectivity index (χ1v) is 7.06. The molecule has 0 spiro atoms. The summed E-state index contributed by atoms with van der Waals surface area (Å²) in [5.41, 5.74) is 3.61. The van der Waals surface area contributed by atoms with Crippen molar-refractivity contribution in [2.75, 3.05) is 13.7 Å². The lowest BCUT2D eigenvalue weighted by molar-refractivity contribution is 0.315. The first-order valence-electron chi connectivity index (χ1n) is 7.06. The highest BCUT2D eigenvalue weighted by Crippen LogP contribution is 2.24. The van der Waals surface area contributed by atoms with Crippen LogP contribution in [0.4, 0.5) is 0 Å². The lowest BCUT2D eigenvalue weighted by Gasteiger charge is -2.18. The Morgan fingerprint density at radius 1 is 1.20 bits per heavy atom. The van der Waals surface area contributed by atoms with Crippen LogP contribution in [0.5, 0.6) is 5.75 Å². The SMILES string of the molecule is CCCOc1cncc(C(NC)c2cccc(C)c2)c1. The van der Waals surface area contributed by atoms with Crippen LogP contribution in [-0.2, 0) is 0 Å². The molecule has 0 aliphatic rings. The number of nitrogens with one attached hydrogen (secondary N) is 1. The molecule has 2 rings (SSSR count). The van der Waals surface area contributed by atoms with Gasteiger partial charge < -0.3 is 10.1 Å².